The molecule has 2 spiro atoms. The molecule has 4 aromatic rings. The van der Waals surface area contributed by atoms with Crippen LogP contribution in [0.4, 0.5) is 5.69 Å². The number of hydrogen-bond donors (Lipinski definition) is 0. The van der Waals surface area contributed by atoms with Crippen molar-refractivity contribution in [2.75, 3.05) is 32.6 Å². The zero-order valence-electron chi connectivity index (χ0n) is 21.2. The summed E-state index contributed by atoms with van der Waals surface area (Å²) in [6.45, 7) is 0.593. The van der Waals surface area contributed by atoms with E-state index in [0.29, 0.717) is 17.7 Å². The molecule has 2 aliphatic carbocycles. The lowest BCUT2D eigenvalue weighted by Gasteiger charge is -2.45. The van der Waals surface area contributed by atoms with Crippen LogP contribution >= 0.6 is 0 Å². The van der Waals surface area contributed by atoms with Gasteiger partial charge in [-0.15, -0.1) is 0 Å². The van der Waals surface area contributed by atoms with Gasteiger partial charge in [-0.2, -0.15) is 0 Å². The third-order valence-electron chi connectivity index (χ3n) is 9.00. The van der Waals surface area contributed by atoms with E-state index in [1.54, 1.807) is 0 Å². The number of carbonyl (C=O) groups excluding carboxylic acids is 2. The second-order valence-electron chi connectivity index (χ2n) is 10.7. The molecule has 4 heteroatoms. The third kappa shape index (κ3) is 2.47. The normalized spacial score (nSPS) is 20.4. The fraction of sp³-hybridized carbons (Fsp3) is 0.212. The van der Waals surface area contributed by atoms with Crippen molar-refractivity contribution in [2.24, 2.45) is 0 Å². The van der Waals surface area contributed by atoms with Crippen molar-refractivity contribution in [2.45, 2.75) is 16.9 Å². The highest BCUT2D eigenvalue weighted by Crippen LogP contribution is 2.67. The average Bonchev–Trinajstić information content (AvgIpc) is 3.47. The molecule has 0 aromatic heterocycles. The maximum absolute atomic E-state index is 14.7. The van der Waals surface area contributed by atoms with Crippen LogP contribution in [0, 0.1) is 0 Å². The van der Waals surface area contributed by atoms with Crippen molar-refractivity contribution in [3.05, 3.63) is 125 Å². The maximum Gasteiger partial charge on any atom is 0.193 e. The Hall–Kier alpha value is -4.02. The van der Waals surface area contributed by atoms with Gasteiger partial charge >= 0.3 is 0 Å². The minimum absolute atomic E-state index is 0.0884. The highest BCUT2D eigenvalue weighted by Gasteiger charge is 2.76. The largest absolute Gasteiger partial charge is 0.378 e. The van der Waals surface area contributed by atoms with E-state index in [4.69, 9.17) is 0 Å². The van der Waals surface area contributed by atoms with E-state index in [0.717, 1.165) is 33.5 Å². The summed E-state index contributed by atoms with van der Waals surface area (Å²) >= 11 is 0. The number of likely N-dealkylation sites (N-methyl/N-ethyl adjacent to an activating group) is 1. The van der Waals surface area contributed by atoms with Gasteiger partial charge in [0, 0.05) is 43.4 Å². The smallest absolute Gasteiger partial charge is 0.193 e. The van der Waals surface area contributed by atoms with Gasteiger partial charge in [0.25, 0.3) is 0 Å². The molecule has 1 heterocycles. The Morgan fingerprint density at radius 2 is 1.14 bits per heavy atom. The van der Waals surface area contributed by atoms with Crippen molar-refractivity contribution < 1.29 is 9.59 Å². The Morgan fingerprint density at radius 1 is 0.676 bits per heavy atom. The number of anilines is 1. The molecule has 0 amide bonds. The fourth-order valence-electron chi connectivity index (χ4n) is 7.57. The van der Waals surface area contributed by atoms with Crippen LogP contribution in [0.15, 0.2) is 97.1 Å². The number of fused-ring (bicyclic) bond motifs is 7. The lowest BCUT2D eigenvalue weighted by Crippen LogP contribution is -2.63. The van der Waals surface area contributed by atoms with Gasteiger partial charge in [-0.3, -0.25) is 14.5 Å². The van der Waals surface area contributed by atoms with Gasteiger partial charge < -0.3 is 4.90 Å². The summed E-state index contributed by atoms with van der Waals surface area (Å²) in [6.07, 6.45) is 0. The maximum atomic E-state index is 14.7. The third-order valence-corrected chi connectivity index (χ3v) is 9.00. The number of Topliss-reactive ketones (excluding diaryl/α,β-unsaturated/α-hetero) is 2. The van der Waals surface area contributed by atoms with Gasteiger partial charge in [-0.05, 0) is 47.0 Å². The molecule has 1 fully saturated rings. The Bertz CT molecular complexity index is 1520. The van der Waals surface area contributed by atoms with Crippen LogP contribution in [0.25, 0.3) is 11.1 Å². The van der Waals surface area contributed by atoms with Gasteiger partial charge in [0.2, 0.25) is 0 Å². The summed E-state index contributed by atoms with van der Waals surface area (Å²) in [5.74, 6) is -0.273. The molecule has 0 radical (unpaired) electrons. The Labute approximate surface area is 217 Å². The van der Waals surface area contributed by atoms with E-state index in [9.17, 15) is 9.59 Å². The van der Waals surface area contributed by atoms with Crippen LogP contribution in [0.5, 0.6) is 0 Å². The minimum Gasteiger partial charge on any atom is -0.378 e. The first kappa shape index (κ1) is 22.2. The molecule has 1 atom stereocenters. The predicted octanol–water partition coefficient (Wildman–Crippen LogP) is 5.57. The molecule has 4 nitrogen and oxygen atoms in total. The van der Waals surface area contributed by atoms with Gasteiger partial charge in [-0.1, -0.05) is 84.9 Å². The lowest BCUT2D eigenvalue weighted by atomic mass is 9.56. The highest BCUT2D eigenvalue weighted by molar-refractivity contribution is 6.35. The molecule has 7 rings (SSSR count). The van der Waals surface area contributed by atoms with E-state index >= 15 is 0 Å². The first-order valence-electron chi connectivity index (χ1n) is 12.8. The van der Waals surface area contributed by atoms with Crippen LogP contribution in [0.1, 0.15) is 43.3 Å². The molecule has 0 bridgehead atoms. The van der Waals surface area contributed by atoms with E-state index in [1.165, 1.54) is 0 Å². The Balaban J connectivity index is 1.60. The van der Waals surface area contributed by atoms with E-state index < -0.39 is 11.0 Å². The molecule has 0 unspecified atom stereocenters. The number of benzene rings is 4. The van der Waals surface area contributed by atoms with E-state index in [2.05, 4.69) is 58.3 Å². The van der Waals surface area contributed by atoms with E-state index in [1.807, 2.05) is 69.7 Å². The summed E-state index contributed by atoms with van der Waals surface area (Å²) < 4.78 is 0. The molecule has 182 valence electrons. The van der Waals surface area contributed by atoms with Gasteiger partial charge in [-0.25, -0.2) is 0 Å². The number of likely N-dealkylation sites (tertiary alicyclic amines) is 1. The Morgan fingerprint density at radius 3 is 1.62 bits per heavy atom. The molecule has 0 saturated carbocycles. The molecule has 4 aromatic carbocycles. The topological polar surface area (TPSA) is 40.6 Å². The number of ketones is 2. The van der Waals surface area contributed by atoms with Gasteiger partial charge in [0.1, 0.15) is 0 Å². The second kappa shape index (κ2) is 7.50. The molecule has 0 N–H and O–H groups in total. The number of nitrogens with zero attached hydrogens (tertiary/aromatic N) is 2. The Kier molecular flexibility index (Phi) is 4.50. The summed E-state index contributed by atoms with van der Waals surface area (Å²) in [5, 5.41) is 0. The fourth-order valence-corrected chi connectivity index (χ4v) is 7.57. The number of carbonyl (C=O) groups is 2. The van der Waals surface area contributed by atoms with Gasteiger partial charge in [0.15, 0.2) is 17.1 Å². The minimum atomic E-state index is -1.36. The first-order chi connectivity index (χ1) is 17.9. The van der Waals surface area contributed by atoms with Crippen LogP contribution in [-0.4, -0.2) is 49.7 Å². The highest BCUT2D eigenvalue weighted by atomic mass is 16.2. The van der Waals surface area contributed by atoms with Crippen LogP contribution < -0.4 is 4.90 Å². The number of rotatable bonds is 2. The summed E-state index contributed by atoms with van der Waals surface area (Å²) in [7, 11) is 6.03. The molecule has 1 saturated heterocycles. The van der Waals surface area contributed by atoms with Crippen LogP contribution in [0.2, 0.25) is 0 Å². The molecular formula is C33H28N2O2. The van der Waals surface area contributed by atoms with Crippen molar-refractivity contribution in [1.29, 1.82) is 0 Å². The first-order valence-corrected chi connectivity index (χ1v) is 12.8. The number of hydrogen-bond acceptors (Lipinski definition) is 4. The zero-order valence-corrected chi connectivity index (χ0v) is 21.2. The van der Waals surface area contributed by atoms with Crippen molar-refractivity contribution in [3.63, 3.8) is 0 Å². The van der Waals surface area contributed by atoms with Crippen molar-refractivity contribution in [3.8, 4) is 11.1 Å². The summed E-state index contributed by atoms with van der Waals surface area (Å²) in [6, 6.07) is 32.7. The molecule has 37 heavy (non-hydrogen) atoms. The molecular weight excluding hydrogens is 456 g/mol. The summed E-state index contributed by atoms with van der Waals surface area (Å²) in [5.41, 5.74) is 5.45. The van der Waals surface area contributed by atoms with Crippen molar-refractivity contribution in [1.82, 2.24) is 4.90 Å². The van der Waals surface area contributed by atoms with Crippen LogP contribution in [0.3, 0.4) is 0 Å². The lowest BCUT2D eigenvalue weighted by molar-refractivity contribution is 0.0549. The second-order valence-corrected chi connectivity index (χ2v) is 10.7. The monoisotopic (exact) mass is 484 g/mol. The summed E-state index contributed by atoms with van der Waals surface area (Å²) in [4.78, 5) is 33.5. The average molecular weight is 485 g/mol. The predicted molar refractivity (Wildman–Crippen MR) is 147 cm³/mol. The van der Waals surface area contributed by atoms with E-state index in [-0.39, 0.29) is 17.5 Å². The molecule has 1 aliphatic heterocycles. The zero-order chi connectivity index (χ0) is 25.5. The quantitative estimate of drug-likeness (QED) is 0.349. The van der Waals surface area contributed by atoms with Crippen LogP contribution in [-0.2, 0) is 5.41 Å². The molecule has 3 aliphatic rings. The van der Waals surface area contributed by atoms with Crippen molar-refractivity contribution >= 4 is 17.3 Å². The SMILES string of the molecule is CN(C)c1ccc([C@H]2CN(C)C3(C(=O)c4ccccc4C3=O)C23c2ccccc2-c2ccccc23)cc1. The van der Waals surface area contributed by atoms with Gasteiger partial charge in [0.05, 0.1) is 5.41 Å². The standard InChI is InChI=1S/C33H28N2O2/c1-34(2)22-18-16-21(17-19-22)29-20-35(3)33(30(36)25-12-4-5-13-26(25)31(33)37)32(29)27-14-8-6-10-23(27)24-11-7-9-15-28(24)32/h4-19,29H,20H2,1-3H3/t29-/m1/s1.